The molecule has 2 aromatic carbocycles. The molecule has 3 saturated heterocycles. The Bertz CT molecular complexity index is 3140. The van der Waals surface area contributed by atoms with E-state index in [1.165, 1.54) is 16.3 Å². The van der Waals surface area contributed by atoms with Crippen LogP contribution in [0.3, 0.4) is 0 Å². The fraction of sp³-hybridized carbons (Fsp3) is 0.581. The van der Waals surface area contributed by atoms with Crippen molar-refractivity contribution in [3.63, 3.8) is 0 Å². The summed E-state index contributed by atoms with van der Waals surface area (Å²) in [5.74, 6) is -1.00. The average Bonchev–Trinajstić information content (AvgIpc) is 1.67. The molecule has 4 aliphatic rings. The summed E-state index contributed by atoms with van der Waals surface area (Å²) in [5.41, 5.74) is 8.08. The normalized spacial score (nSPS) is 19.4. The van der Waals surface area contributed by atoms with E-state index < -0.39 is 71.6 Å². The number of fused-ring (bicyclic) bond motifs is 1. The first-order chi connectivity index (χ1) is 40.4. The van der Waals surface area contributed by atoms with E-state index in [2.05, 4.69) is 93.1 Å². The number of nitrogens with zero attached hydrogens (tertiary/aromatic N) is 6. The Balaban J connectivity index is 1.03. The van der Waals surface area contributed by atoms with Crippen LogP contribution in [-0.2, 0) is 66.9 Å². The van der Waals surface area contributed by atoms with E-state index in [1.54, 1.807) is 45.1 Å². The number of nitrogens with one attached hydrogen (secondary N) is 2. The molecule has 2 N–H and O–H groups in total. The van der Waals surface area contributed by atoms with Crippen molar-refractivity contribution in [3.8, 4) is 11.3 Å². The van der Waals surface area contributed by atoms with Crippen molar-refractivity contribution in [3.05, 3.63) is 92.6 Å². The van der Waals surface area contributed by atoms with Crippen LogP contribution in [0.15, 0.2) is 70.8 Å². The van der Waals surface area contributed by atoms with Gasteiger partial charge < -0.3 is 57.4 Å². The first-order valence-corrected chi connectivity index (χ1v) is 31.4. The Morgan fingerprint density at radius 3 is 2.29 bits per heavy atom. The summed E-state index contributed by atoms with van der Waals surface area (Å²) in [6.07, 6.45) is 2.43. The number of anilines is 1. The van der Waals surface area contributed by atoms with E-state index in [9.17, 15) is 19.2 Å². The van der Waals surface area contributed by atoms with Gasteiger partial charge in [-0.25, -0.2) is 20.0 Å². The van der Waals surface area contributed by atoms with E-state index in [0.717, 1.165) is 63.0 Å². The minimum Gasteiger partial charge on any atom is -0.464 e. The topological polar surface area (TPSA) is 207 Å². The SMILES string of the molecule is CCO[C@H](c1nc(Br)cs1)[C@H](NC(=O)OC(C)(C)C)C(=O)N1CCC[C@@H](C(=O)OCC2(Cc3c(-c4cc(N5CCN(C(=O)OCc6ccccc6)CC5)cnc4[C@H](C)OC)n(CCOC(C)C)c4ccc(B5OC(C)(C)C(C)(C)O5)cc34)CC2)N1. The number of amides is 3. The number of ether oxygens (including phenoxy) is 6. The second-order valence-corrected chi connectivity index (χ2v) is 26.6. The molecule has 3 amide bonds. The van der Waals surface area contributed by atoms with E-state index >= 15 is 0 Å². The minimum atomic E-state index is -1.25. The van der Waals surface area contributed by atoms with Crippen molar-refractivity contribution < 1.29 is 56.9 Å². The molecule has 9 rings (SSSR count). The first-order valence-electron chi connectivity index (χ1n) is 29.7. The van der Waals surface area contributed by atoms with Gasteiger partial charge in [-0.05, 0) is 153 Å². The van der Waals surface area contributed by atoms with Gasteiger partial charge in [0.25, 0.3) is 5.91 Å². The summed E-state index contributed by atoms with van der Waals surface area (Å²) in [5, 5.41) is 7.41. The number of pyridine rings is 1. The summed E-state index contributed by atoms with van der Waals surface area (Å²) in [6.45, 7) is 25.1. The number of thiazole rings is 1. The van der Waals surface area contributed by atoms with Crippen LogP contribution in [0, 0.1) is 5.41 Å². The zero-order valence-electron chi connectivity index (χ0n) is 51.3. The van der Waals surface area contributed by atoms with Gasteiger partial charge in [0.2, 0.25) is 0 Å². The van der Waals surface area contributed by atoms with Crippen molar-refractivity contribution in [2.24, 2.45) is 5.41 Å². The molecular formula is C62H84BBrN8O12S. The average molecular weight is 1260 g/mol. The molecule has 0 unspecified atom stereocenters. The largest absolute Gasteiger partial charge is 0.494 e. The maximum Gasteiger partial charge on any atom is 0.494 e. The van der Waals surface area contributed by atoms with Gasteiger partial charge in [0, 0.05) is 80.2 Å². The highest BCUT2D eigenvalue weighted by Gasteiger charge is 2.52. The van der Waals surface area contributed by atoms with Crippen LogP contribution in [0.4, 0.5) is 15.3 Å². The molecule has 0 bridgehead atoms. The quantitative estimate of drug-likeness (QED) is 0.0376. The number of hydrogen-bond acceptors (Lipinski definition) is 17. The van der Waals surface area contributed by atoms with Crippen LogP contribution >= 0.6 is 27.3 Å². The molecule has 3 aromatic heterocycles. The highest BCUT2D eigenvalue weighted by molar-refractivity contribution is 9.10. The molecule has 5 aromatic rings. The van der Waals surface area contributed by atoms with Crippen LogP contribution in [0.2, 0.25) is 0 Å². The summed E-state index contributed by atoms with van der Waals surface area (Å²) in [7, 11) is 1.06. The number of esters is 1. The third-order valence-corrected chi connectivity index (χ3v) is 18.2. The number of halogens is 1. The Hall–Kier alpha value is -5.66. The molecule has 1 saturated carbocycles. The predicted octanol–water partition coefficient (Wildman–Crippen LogP) is 9.85. The number of hydrogen-bond donors (Lipinski definition) is 2. The van der Waals surface area contributed by atoms with Gasteiger partial charge in [-0.3, -0.25) is 19.6 Å². The summed E-state index contributed by atoms with van der Waals surface area (Å²) >= 11 is 4.71. The van der Waals surface area contributed by atoms with Gasteiger partial charge >= 0.3 is 25.3 Å². The first kappa shape index (κ1) is 63.8. The van der Waals surface area contributed by atoms with Gasteiger partial charge in [0.05, 0.1) is 59.9 Å². The van der Waals surface area contributed by atoms with Crippen molar-refractivity contribution in [1.82, 2.24) is 35.2 Å². The van der Waals surface area contributed by atoms with Gasteiger partial charge in [-0.15, -0.1) is 11.3 Å². The lowest BCUT2D eigenvalue weighted by Crippen LogP contribution is -2.61. The smallest absolute Gasteiger partial charge is 0.464 e. The number of aromatic nitrogens is 3. The zero-order valence-corrected chi connectivity index (χ0v) is 53.7. The molecule has 6 heterocycles. The van der Waals surface area contributed by atoms with E-state index in [1.807, 2.05) is 57.3 Å². The van der Waals surface area contributed by atoms with Crippen LogP contribution in [-0.4, -0.2) is 150 Å². The maximum atomic E-state index is 14.7. The van der Waals surface area contributed by atoms with Crippen LogP contribution in [0.5, 0.6) is 0 Å². The lowest BCUT2D eigenvalue weighted by molar-refractivity contribution is -0.155. The molecule has 85 heavy (non-hydrogen) atoms. The molecule has 20 nitrogen and oxygen atoms in total. The van der Waals surface area contributed by atoms with Crippen molar-refractivity contribution >= 4 is 80.5 Å². The molecule has 23 heteroatoms. The molecule has 0 radical (unpaired) electrons. The van der Waals surface area contributed by atoms with Crippen LogP contribution in [0.25, 0.3) is 22.2 Å². The number of carbonyl (C=O) groups excluding carboxylic acids is 4. The fourth-order valence-corrected chi connectivity index (χ4v) is 12.4. The molecule has 4 fully saturated rings. The molecule has 3 aliphatic heterocycles. The van der Waals surface area contributed by atoms with E-state index in [0.29, 0.717) is 68.2 Å². The fourth-order valence-electron chi connectivity index (χ4n) is 11.0. The lowest BCUT2D eigenvalue weighted by Gasteiger charge is -2.36. The number of benzene rings is 2. The van der Waals surface area contributed by atoms with Crippen molar-refractivity contribution in [1.29, 1.82) is 0 Å². The summed E-state index contributed by atoms with van der Waals surface area (Å²) < 4.78 is 52.5. The Morgan fingerprint density at radius 2 is 1.66 bits per heavy atom. The minimum absolute atomic E-state index is 0.00940. The number of hydrazine groups is 1. The number of carbonyl (C=O) groups is 4. The number of alkyl carbamates (subject to hydrolysis) is 1. The number of piperazine rings is 1. The monoisotopic (exact) mass is 1250 g/mol. The van der Waals surface area contributed by atoms with Crippen molar-refractivity contribution in [2.75, 3.05) is 64.6 Å². The third kappa shape index (κ3) is 15.2. The second-order valence-electron chi connectivity index (χ2n) is 24.9. The lowest BCUT2D eigenvalue weighted by atomic mass is 9.78. The van der Waals surface area contributed by atoms with E-state index in [4.69, 9.17) is 42.7 Å². The van der Waals surface area contributed by atoms with Crippen molar-refractivity contribution in [2.45, 2.75) is 169 Å². The predicted molar refractivity (Wildman–Crippen MR) is 329 cm³/mol. The number of methoxy groups -OCH3 is 1. The molecule has 1 aliphatic carbocycles. The standard InChI is InChI=1S/C62H84BBrN8O12S/c1-13-78-53(54-66-49(64)37-85-54)51(67-57(75)82-59(5,6)7)55(73)72-25-17-20-47(68-72)56(74)81-38-62(23-24-62)34-46-44-32-42(63-83-60(8,9)61(10,11)84-63)21-22-48(44)71(30-31-79-39(2)3)52(46)45-33-43(35-65-50(45)40(4)77-12)69-26-28-70(29-27-69)58(76)80-36-41-18-15-14-16-19-41/h14-16,18-19,21-22,32-33,35,37,39-40,47,51,53,68H,13,17,20,23-31,34,36,38H2,1-12H3,(H,67,75)/t40-,47-,51-,53-/m0/s1. The van der Waals surface area contributed by atoms with Crippen LogP contribution in [0.1, 0.15) is 136 Å². The van der Waals surface area contributed by atoms with Gasteiger partial charge in [0.1, 0.15) is 40.0 Å². The molecule has 0 spiro atoms. The van der Waals surface area contributed by atoms with Gasteiger partial charge in [0.15, 0.2) is 0 Å². The molecular weight excluding hydrogens is 1170 g/mol. The maximum absolute atomic E-state index is 14.7. The van der Waals surface area contributed by atoms with Gasteiger partial charge in [-0.1, -0.05) is 42.5 Å². The Kier molecular flexibility index (Phi) is 20.1. The summed E-state index contributed by atoms with van der Waals surface area (Å²) in [4.78, 5) is 69.6. The second kappa shape index (κ2) is 26.8. The Labute approximate surface area is 512 Å². The summed E-state index contributed by atoms with van der Waals surface area (Å²) in [6, 6.07) is 16.2. The third-order valence-electron chi connectivity index (χ3n) is 16.6. The molecule has 460 valence electrons. The molecule has 4 atom stereocenters. The van der Waals surface area contributed by atoms with Crippen LogP contribution < -0.4 is 21.1 Å². The Morgan fingerprint density at radius 1 is 0.941 bits per heavy atom. The zero-order chi connectivity index (χ0) is 61.0. The van der Waals surface area contributed by atoms with Gasteiger partial charge in [-0.2, -0.15) is 0 Å². The highest BCUT2D eigenvalue weighted by atomic mass is 79.9. The van der Waals surface area contributed by atoms with E-state index in [-0.39, 0.29) is 38.6 Å². The highest BCUT2D eigenvalue weighted by Crippen LogP contribution is 2.52. The number of rotatable bonds is 22.